The maximum absolute atomic E-state index is 12.0. The van der Waals surface area contributed by atoms with E-state index in [0.717, 1.165) is 22.9 Å². The number of aromatic nitrogens is 1. The number of rotatable bonds is 6. The zero-order chi connectivity index (χ0) is 19.9. The number of hydrogen-bond acceptors (Lipinski definition) is 5. The van der Waals surface area contributed by atoms with E-state index < -0.39 is 11.9 Å². The molecule has 0 saturated carbocycles. The maximum Gasteiger partial charge on any atom is 0.321 e. The summed E-state index contributed by atoms with van der Waals surface area (Å²) in [7, 11) is 0. The minimum Gasteiger partial charge on any atom is -0.431 e. The number of amides is 3. The van der Waals surface area contributed by atoms with Crippen molar-refractivity contribution < 1.29 is 14.0 Å². The molecule has 3 rings (SSSR count). The van der Waals surface area contributed by atoms with Crippen molar-refractivity contribution in [2.24, 2.45) is 0 Å². The fourth-order valence-corrected chi connectivity index (χ4v) is 3.15. The van der Waals surface area contributed by atoms with Crippen LogP contribution in [-0.2, 0) is 4.79 Å². The van der Waals surface area contributed by atoms with Crippen LogP contribution in [0.25, 0.3) is 22.6 Å². The SMILES string of the molecule is CC(C)NC(=O)NC(=O)CSc1nc(-c2ccccc2)c(-c2ccccc2)o1. The highest BCUT2D eigenvalue weighted by atomic mass is 32.2. The molecule has 3 amide bonds. The summed E-state index contributed by atoms with van der Waals surface area (Å²) in [4.78, 5) is 28.2. The first kappa shape index (κ1) is 19.7. The summed E-state index contributed by atoms with van der Waals surface area (Å²) in [6.07, 6.45) is 0. The highest BCUT2D eigenvalue weighted by Crippen LogP contribution is 2.35. The lowest BCUT2D eigenvalue weighted by Crippen LogP contribution is -2.43. The molecule has 2 N–H and O–H groups in total. The Bertz CT molecular complexity index is 883. The Labute approximate surface area is 167 Å². The van der Waals surface area contributed by atoms with Crippen molar-refractivity contribution in [3.05, 3.63) is 60.7 Å². The quantitative estimate of drug-likeness (QED) is 0.607. The maximum atomic E-state index is 12.0. The Hall–Kier alpha value is -3.06. The zero-order valence-electron chi connectivity index (χ0n) is 15.6. The van der Waals surface area contributed by atoms with Crippen LogP contribution in [0.3, 0.4) is 0 Å². The number of carbonyl (C=O) groups is 2. The van der Waals surface area contributed by atoms with Gasteiger partial charge in [-0.2, -0.15) is 0 Å². The number of urea groups is 1. The number of benzene rings is 2. The minimum atomic E-state index is -0.511. The second-order valence-corrected chi connectivity index (χ2v) is 7.28. The molecule has 0 spiro atoms. The molecule has 144 valence electrons. The van der Waals surface area contributed by atoms with Crippen LogP contribution >= 0.6 is 11.8 Å². The van der Waals surface area contributed by atoms with E-state index in [2.05, 4.69) is 15.6 Å². The van der Waals surface area contributed by atoms with E-state index in [-0.39, 0.29) is 11.8 Å². The van der Waals surface area contributed by atoms with Crippen LogP contribution in [0.5, 0.6) is 0 Å². The van der Waals surface area contributed by atoms with Crippen LogP contribution in [0, 0.1) is 0 Å². The van der Waals surface area contributed by atoms with Gasteiger partial charge in [0.1, 0.15) is 5.69 Å². The van der Waals surface area contributed by atoms with Gasteiger partial charge in [0.25, 0.3) is 5.22 Å². The third-order valence-corrected chi connectivity index (χ3v) is 4.52. The molecule has 6 nitrogen and oxygen atoms in total. The number of oxazole rings is 1. The van der Waals surface area contributed by atoms with Gasteiger partial charge in [0.05, 0.1) is 5.75 Å². The fourth-order valence-electron chi connectivity index (χ4n) is 2.53. The summed E-state index contributed by atoms with van der Waals surface area (Å²) in [6.45, 7) is 3.64. The van der Waals surface area contributed by atoms with Crippen LogP contribution in [0.15, 0.2) is 70.3 Å². The lowest BCUT2D eigenvalue weighted by Gasteiger charge is -2.08. The van der Waals surface area contributed by atoms with Gasteiger partial charge in [0, 0.05) is 17.2 Å². The summed E-state index contributed by atoms with van der Waals surface area (Å²) in [5.41, 5.74) is 2.55. The molecule has 0 aliphatic heterocycles. The van der Waals surface area contributed by atoms with Crippen LogP contribution in [0.2, 0.25) is 0 Å². The first-order valence-corrected chi connectivity index (χ1v) is 9.86. The molecule has 1 heterocycles. The predicted octanol–water partition coefficient (Wildman–Crippen LogP) is 4.33. The first-order valence-electron chi connectivity index (χ1n) is 8.87. The molecule has 1 aromatic heterocycles. The highest BCUT2D eigenvalue weighted by Gasteiger charge is 2.18. The first-order chi connectivity index (χ1) is 13.5. The normalized spacial score (nSPS) is 10.7. The van der Waals surface area contributed by atoms with Crippen molar-refractivity contribution >= 4 is 23.7 Å². The van der Waals surface area contributed by atoms with Gasteiger partial charge in [-0.3, -0.25) is 10.1 Å². The van der Waals surface area contributed by atoms with Crippen LogP contribution in [0.1, 0.15) is 13.8 Å². The van der Waals surface area contributed by atoms with E-state index in [0.29, 0.717) is 16.7 Å². The Morgan fingerprint density at radius 3 is 2.21 bits per heavy atom. The van der Waals surface area contributed by atoms with Crippen molar-refractivity contribution in [1.29, 1.82) is 0 Å². The molecule has 0 saturated heterocycles. The molecule has 0 atom stereocenters. The molecule has 0 fully saturated rings. The van der Waals surface area contributed by atoms with Crippen LogP contribution < -0.4 is 10.6 Å². The molecule has 7 heteroatoms. The van der Waals surface area contributed by atoms with Gasteiger partial charge < -0.3 is 9.73 Å². The number of nitrogens with one attached hydrogen (secondary N) is 2. The zero-order valence-corrected chi connectivity index (χ0v) is 16.5. The number of imide groups is 1. The fraction of sp³-hybridized carbons (Fsp3) is 0.190. The van der Waals surface area contributed by atoms with E-state index in [4.69, 9.17) is 4.42 Å². The van der Waals surface area contributed by atoms with Crippen molar-refractivity contribution in [1.82, 2.24) is 15.6 Å². The van der Waals surface area contributed by atoms with Gasteiger partial charge in [-0.1, -0.05) is 72.4 Å². The van der Waals surface area contributed by atoms with Gasteiger partial charge in [-0.15, -0.1) is 0 Å². The highest BCUT2D eigenvalue weighted by molar-refractivity contribution is 7.99. The molecule has 0 unspecified atom stereocenters. The summed E-state index contributed by atoms with van der Waals surface area (Å²) >= 11 is 1.14. The summed E-state index contributed by atoms with van der Waals surface area (Å²) in [5.74, 6) is 0.255. The topological polar surface area (TPSA) is 84.2 Å². The summed E-state index contributed by atoms with van der Waals surface area (Å²) in [5, 5.41) is 5.27. The van der Waals surface area contributed by atoms with Gasteiger partial charge in [-0.05, 0) is 13.8 Å². The second-order valence-electron chi connectivity index (χ2n) is 6.35. The van der Waals surface area contributed by atoms with E-state index in [1.807, 2.05) is 74.5 Å². The van der Waals surface area contributed by atoms with Crippen LogP contribution in [0.4, 0.5) is 4.79 Å². The largest absolute Gasteiger partial charge is 0.431 e. The number of thioether (sulfide) groups is 1. The van der Waals surface area contributed by atoms with E-state index in [9.17, 15) is 9.59 Å². The Kier molecular flexibility index (Phi) is 6.49. The van der Waals surface area contributed by atoms with Gasteiger partial charge in [-0.25, -0.2) is 9.78 Å². The second kappa shape index (κ2) is 9.23. The van der Waals surface area contributed by atoms with Gasteiger partial charge in [0.2, 0.25) is 5.91 Å². The lowest BCUT2D eigenvalue weighted by molar-refractivity contribution is -0.117. The third kappa shape index (κ3) is 5.23. The molecular formula is C21H21N3O3S. The van der Waals surface area contributed by atoms with E-state index >= 15 is 0 Å². The van der Waals surface area contributed by atoms with E-state index in [1.54, 1.807) is 0 Å². The minimum absolute atomic E-state index is 0.0223. The average molecular weight is 395 g/mol. The monoisotopic (exact) mass is 395 g/mol. The Balaban J connectivity index is 1.77. The van der Waals surface area contributed by atoms with Crippen molar-refractivity contribution in [2.45, 2.75) is 25.1 Å². The smallest absolute Gasteiger partial charge is 0.321 e. The standard InChI is InChI=1S/C21H21N3O3S/c1-14(2)22-20(26)23-17(25)13-28-21-24-18(15-9-5-3-6-10-15)19(27-21)16-11-7-4-8-12-16/h3-12,14H,13H2,1-2H3,(H2,22,23,25,26). The Morgan fingerprint density at radius 1 is 1.00 bits per heavy atom. The van der Waals surface area contributed by atoms with Crippen molar-refractivity contribution in [3.8, 4) is 22.6 Å². The predicted molar refractivity (Wildman–Crippen MR) is 110 cm³/mol. The van der Waals surface area contributed by atoms with Crippen LogP contribution in [-0.4, -0.2) is 28.7 Å². The molecule has 0 radical (unpaired) electrons. The average Bonchev–Trinajstić information content (AvgIpc) is 3.11. The lowest BCUT2D eigenvalue weighted by atomic mass is 10.1. The van der Waals surface area contributed by atoms with Crippen molar-refractivity contribution in [3.63, 3.8) is 0 Å². The summed E-state index contributed by atoms with van der Waals surface area (Å²) in [6, 6.07) is 18.9. The van der Waals surface area contributed by atoms with Gasteiger partial charge in [0.15, 0.2) is 5.76 Å². The Morgan fingerprint density at radius 2 is 1.61 bits per heavy atom. The van der Waals surface area contributed by atoms with Gasteiger partial charge >= 0.3 is 6.03 Å². The molecule has 2 aromatic carbocycles. The molecule has 0 bridgehead atoms. The number of hydrogen-bond donors (Lipinski definition) is 2. The molecule has 0 aliphatic rings. The van der Waals surface area contributed by atoms with Crippen molar-refractivity contribution in [2.75, 3.05) is 5.75 Å². The molecule has 28 heavy (non-hydrogen) atoms. The molecule has 0 aliphatic carbocycles. The molecular weight excluding hydrogens is 374 g/mol. The summed E-state index contributed by atoms with van der Waals surface area (Å²) < 4.78 is 5.95. The van der Waals surface area contributed by atoms with E-state index in [1.165, 1.54) is 0 Å². The molecule has 3 aromatic rings. The number of carbonyl (C=O) groups excluding carboxylic acids is 2. The third-order valence-electron chi connectivity index (χ3n) is 3.69. The number of nitrogens with zero attached hydrogens (tertiary/aromatic N) is 1.